The van der Waals surface area contributed by atoms with Crippen LogP contribution in [0, 0.1) is 19.7 Å². The summed E-state index contributed by atoms with van der Waals surface area (Å²) in [5.74, 6) is -0.474. The zero-order chi connectivity index (χ0) is 15.8. The molecule has 0 saturated heterocycles. The molecule has 2 rings (SSSR count). The molecule has 2 aromatic rings. The fourth-order valence-corrected chi connectivity index (χ4v) is 3.89. The Morgan fingerprint density at radius 3 is 2.10 bits per heavy atom. The summed E-state index contributed by atoms with van der Waals surface area (Å²) in [6, 6.07) is 6.76. The number of nitrogens with one attached hydrogen (secondary N) is 1. The third-order valence-electron chi connectivity index (χ3n) is 2.87. The van der Waals surface area contributed by atoms with Gasteiger partial charge in [0.15, 0.2) is 0 Å². The first kappa shape index (κ1) is 16.1. The van der Waals surface area contributed by atoms with Crippen LogP contribution in [0.1, 0.15) is 11.1 Å². The van der Waals surface area contributed by atoms with Crippen LogP contribution in [-0.4, -0.2) is 8.42 Å². The van der Waals surface area contributed by atoms with Crippen LogP contribution in [0.4, 0.5) is 10.1 Å². The molecule has 0 radical (unpaired) electrons. The normalized spacial score (nSPS) is 11.5. The summed E-state index contributed by atoms with van der Waals surface area (Å²) in [7, 11) is -3.84. The fraction of sp³-hybridized carbons (Fsp3) is 0.143. The highest BCUT2D eigenvalue weighted by Crippen LogP contribution is 2.28. The van der Waals surface area contributed by atoms with Crippen molar-refractivity contribution < 1.29 is 12.8 Å². The molecule has 0 heterocycles. The van der Waals surface area contributed by atoms with E-state index in [1.54, 1.807) is 13.8 Å². The lowest BCUT2D eigenvalue weighted by molar-refractivity contribution is 0.597. The van der Waals surface area contributed by atoms with Gasteiger partial charge in [-0.05, 0) is 55.3 Å². The van der Waals surface area contributed by atoms with E-state index in [-0.39, 0.29) is 15.6 Å². The highest BCUT2D eigenvalue weighted by Gasteiger charge is 2.20. The third-order valence-corrected chi connectivity index (χ3v) is 5.29. The van der Waals surface area contributed by atoms with Crippen molar-refractivity contribution in [3.63, 3.8) is 0 Å². The third kappa shape index (κ3) is 3.48. The van der Waals surface area contributed by atoms with Gasteiger partial charge in [0.25, 0.3) is 10.0 Å². The zero-order valence-corrected chi connectivity index (χ0v) is 13.6. The molecule has 0 aliphatic heterocycles. The van der Waals surface area contributed by atoms with Crippen molar-refractivity contribution in [2.45, 2.75) is 18.7 Å². The summed E-state index contributed by atoms with van der Waals surface area (Å²) in [5, 5.41) is 0.568. The van der Waals surface area contributed by atoms with Crippen molar-refractivity contribution in [2.24, 2.45) is 0 Å². The second kappa shape index (κ2) is 5.83. The van der Waals surface area contributed by atoms with Crippen LogP contribution in [0.5, 0.6) is 0 Å². The molecular formula is C14H12Cl2FNO2S. The van der Waals surface area contributed by atoms with Gasteiger partial charge in [-0.2, -0.15) is 0 Å². The molecule has 0 aliphatic rings. The molecule has 0 atom stereocenters. The van der Waals surface area contributed by atoms with Crippen LogP contribution in [0.2, 0.25) is 10.0 Å². The summed E-state index contributed by atoms with van der Waals surface area (Å²) < 4.78 is 40.6. The average molecular weight is 348 g/mol. The minimum atomic E-state index is -3.84. The smallest absolute Gasteiger partial charge is 0.262 e. The second-order valence-corrected chi connectivity index (χ2v) is 7.04. The molecule has 0 aliphatic carbocycles. The number of anilines is 1. The molecule has 112 valence electrons. The van der Waals surface area contributed by atoms with Crippen LogP contribution in [0.3, 0.4) is 0 Å². The SMILES string of the molecule is Cc1cc(F)cc(C)c1S(=O)(=O)Nc1ccc(Cl)c(Cl)c1. The van der Waals surface area contributed by atoms with Crippen molar-refractivity contribution in [1.82, 2.24) is 0 Å². The van der Waals surface area contributed by atoms with Crippen molar-refractivity contribution in [2.75, 3.05) is 4.72 Å². The largest absolute Gasteiger partial charge is 0.280 e. The Hall–Kier alpha value is -1.30. The van der Waals surface area contributed by atoms with Gasteiger partial charge < -0.3 is 0 Å². The number of benzene rings is 2. The van der Waals surface area contributed by atoms with Crippen LogP contribution in [-0.2, 0) is 10.0 Å². The summed E-state index contributed by atoms with van der Waals surface area (Å²) in [6.07, 6.45) is 0. The standard InChI is InChI=1S/C14H12Cl2FNO2S/c1-8-5-10(17)6-9(2)14(8)21(19,20)18-11-3-4-12(15)13(16)7-11/h3-7,18H,1-2H3. The van der Waals surface area contributed by atoms with Crippen molar-refractivity contribution in [3.05, 3.63) is 57.3 Å². The number of hydrogen-bond donors (Lipinski definition) is 1. The summed E-state index contributed by atoms with van der Waals surface area (Å²) in [5.41, 5.74) is 0.952. The number of rotatable bonds is 3. The lowest BCUT2D eigenvalue weighted by Crippen LogP contribution is -2.16. The van der Waals surface area contributed by atoms with Gasteiger partial charge in [0, 0.05) is 0 Å². The number of hydrogen-bond acceptors (Lipinski definition) is 2. The van der Waals surface area contributed by atoms with Gasteiger partial charge in [-0.3, -0.25) is 4.72 Å². The molecule has 0 aromatic heterocycles. The van der Waals surface area contributed by atoms with Crippen molar-refractivity contribution in [1.29, 1.82) is 0 Å². The molecule has 21 heavy (non-hydrogen) atoms. The maximum Gasteiger partial charge on any atom is 0.262 e. The van der Waals surface area contributed by atoms with Crippen LogP contribution < -0.4 is 4.72 Å². The van der Waals surface area contributed by atoms with E-state index >= 15 is 0 Å². The lowest BCUT2D eigenvalue weighted by atomic mass is 10.1. The van der Waals surface area contributed by atoms with Crippen molar-refractivity contribution in [3.8, 4) is 0 Å². The number of aryl methyl sites for hydroxylation is 2. The highest BCUT2D eigenvalue weighted by molar-refractivity contribution is 7.92. The molecule has 0 amide bonds. The summed E-state index contributed by atoms with van der Waals surface area (Å²) in [4.78, 5) is 0.0509. The fourth-order valence-electron chi connectivity index (χ4n) is 2.09. The van der Waals surface area contributed by atoms with E-state index < -0.39 is 15.8 Å². The first-order valence-electron chi connectivity index (χ1n) is 5.95. The highest BCUT2D eigenvalue weighted by atomic mass is 35.5. The van der Waals surface area contributed by atoms with E-state index in [9.17, 15) is 12.8 Å². The maximum atomic E-state index is 13.3. The minimum absolute atomic E-state index is 0.0509. The Balaban J connectivity index is 2.46. The average Bonchev–Trinajstić information content (AvgIpc) is 2.31. The molecule has 2 aromatic carbocycles. The van der Waals surface area contributed by atoms with Gasteiger partial charge in [0.2, 0.25) is 0 Å². The Morgan fingerprint density at radius 1 is 1.00 bits per heavy atom. The van der Waals surface area contributed by atoms with Gasteiger partial charge in [0.05, 0.1) is 20.6 Å². The van der Waals surface area contributed by atoms with Crippen molar-refractivity contribution >= 4 is 38.9 Å². The predicted octanol–water partition coefficient (Wildman–Crippen LogP) is 4.55. The van der Waals surface area contributed by atoms with Crippen LogP contribution in [0.25, 0.3) is 0 Å². The van der Waals surface area contributed by atoms with Gasteiger partial charge in [0.1, 0.15) is 5.82 Å². The number of sulfonamides is 1. The topological polar surface area (TPSA) is 46.2 Å². The molecule has 0 fully saturated rings. The molecule has 0 saturated carbocycles. The summed E-state index contributed by atoms with van der Waals surface area (Å²) >= 11 is 11.6. The van der Waals surface area contributed by atoms with Gasteiger partial charge in [-0.15, -0.1) is 0 Å². The number of halogens is 3. The second-order valence-electron chi connectivity index (χ2n) is 4.60. The van der Waals surface area contributed by atoms with E-state index in [2.05, 4.69) is 4.72 Å². The molecule has 0 spiro atoms. The Morgan fingerprint density at radius 2 is 1.57 bits per heavy atom. The zero-order valence-electron chi connectivity index (χ0n) is 11.2. The molecule has 0 unspecified atom stereocenters. The van der Waals surface area contributed by atoms with Crippen LogP contribution >= 0.6 is 23.2 Å². The Bertz CT molecular complexity index is 784. The minimum Gasteiger partial charge on any atom is -0.280 e. The molecule has 7 heteroatoms. The Kier molecular flexibility index (Phi) is 4.46. The quantitative estimate of drug-likeness (QED) is 0.885. The van der Waals surface area contributed by atoms with Gasteiger partial charge in [-0.1, -0.05) is 23.2 Å². The van der Waals surface area contributed by atoms with Crippen LogP contribution in [0.15, 0.2) is 35.2 Å². The van der Waals surface area contributed by atoms with E-state index in [1.807, 2.05) is 0 Å². The van der Waals surface area contributed by atoms with E-state index in [0.29, 0.717) is 16.1 Å². The molecule has 0 bridgehead atoms. The lowest BCUT2D eigenvalue weighted by Gasteiger charge is -2.13. The maximum absolute atomic E-state index is 13.3. The molecule has 3 nitrogen and oxygen atoms in total. The molecule has 1 N–H and O–H groups in total. The van der Waals surface area contributed by atoms with E-state index in [4.69, 9.17) is 23.2 Å². The van der Waals surface area contributed by atoms with Gasteiger partial charge in [-0.25, -0.2) is 12.8 Å². The predicted molar refractivity (Wildman–Crippen MR) is 83.1 cm³/mol. The molecular weight excluding hydrogens is 336 g/mol. The first-order chi connectivity index (χ1) is 9.70. The van der Waals surface area contributed by atoms with E-state index in [1.165, 1.54) is 30.3 Å². The summed E-state index contributed by atoms with van der Waals surface area (Å²) in [6.45, 7) is 3.08. The Labute approximate surface area is 132 Å². The first-order valence-corrected chi connectivity index (χ1v) is 8.19. The monoisotopic (exact) mass is 347 g/mol. The van der Waals surface area contributed by atoms with E-state index in [0.717, 1.165) is 0 Å². The van der Waals surface area contributed by atoms with Gasteiger partial charge >= 0.3 is 0 Å².